The van der Waals surface area contributed by atoms with Crippen LogP contribution in [0.3, 0.4) is 0 Å². The van der Waals surface area contributed by atoms with Crippen LogP contribution in [0.2, 0.25) is 0 Å². The van der Waals surface area contributed by atoms with Crippen molar-refractivity contribution in [2.24, 2.45) is 0 Å². The maximum atomic E-state index is 15.7. The van der Waals surface area contributed by atoms with Gasteiger partial charge in [0.15, 0.2) is 12.4 Å². The van der Waals surface area contributed by atoms with Crippen LogP contribution in [-0.2, 0) is 38.4 Å². The molecular formula is C43H55F4N5O7S. The fourth-order valence-electron chi connectivity index (χ4n) is 7.87. The van der Waals surface area contributed by atoms with Gasteiger partial charge in [-0.1, -0.05) is 44.5 Å². The third-order valence-electron chi connectivity index (χ3n) is 11.3. The number of carbonyl (C=O) groups excluding carboxylic acids is 3. The smallest absolute Gasteiger partial charge is 0.390 e. The number of likely N-dealkylation sites (tertiary alicyclic amines) is 1. The number of aryl methyl sites for hydroxylation is 1. The van der Waals surface area contributed by atoms with Crippen molar-refractivity contribution in [1.29, 1.82) is 0 Å². The topological polar surface area (TPSA) is 134 Å². The average Bonchev–Trinajstić information content (AvgIpc) is 3.72. The molecule has 2 N–H and O–H groups in total. The Hall–Kier alpha value is -4.32. The fraction of sp³-hybridized carbons (Fsp3) is 0.581. The van der Waals surface area contributed by atoms with Gasteiger partial charge in [0.25, 0.3) is 11.8 Å². The van der Waals surface area contributed by atoms with Crippen molar-refractivity contribution in [2.45, 2.75) is 95.9 Å². The van der Waals surface area contributed by atoms with Crippen LogP contribution in [0.15, 0.2) is 35.7 Å². The molecule has 4 heterocycles. The highest BCUT2D eigenvalue weighted by Gasteiger charge is 2.41. The number of morpholine rings is 1. The number of anilines is 1. The molecular weight excluding hydrogens is 807 g/mol. The van der Waals surface area contributed by atoms with Crippen molar-refractivity contribution >= 4 is 34.7 Å². The first-order valence-electron chi connectivity index (χ1n) is 20.8. The standard InChI is InChI=1S/C43H55F4N5O7S/c1-29(2)40-48-33(27-60-40)41(56)52-21-24-59-42(28-52)14-18-50(19-15-42)25-32-9-6-8-30(37(32)44)12-22-57-23-13-36(55)51(20-16-43(45,46)47)17-5-3-4-7-31-10-11-34(53)38-39(31)58-26-35(54)49-38/h6,8-11,27,29,53H,3-5,7,12-26,28H2,1-2H3,(H,49,54). The third kappa shape index (κ3) is 12.2. The number of benzene rings is 2. The van der Waals surface area contributed by atoms with E-state index in [1.54, 1.807) is 18.2 Å². The lowest BCUT2D eigenvalue weighted by atomic mass is 9.89. The van der Waals surface area contributed by atoms with Gasteiger partial charge in [-0.05, 0) is 55.7 Å². The Morgan fingerprint density at radius 3 is 2.57 bits per heavy atom. The second-order valence-corrected chi connectivity index (χ2v) is 17.0. The number of nitrogens with one attached hydrogen (secondary N) is 1. The zero-order valence-electron chi connectivity index (χ0n) is 34.3. The van der Waals surface area contributed by atoms with Gasteiger partial charge in [0.1, 0.15) is 22.9 Å². The Balaban J connectivity index is 0.911. The molecule has 2 fully saturated rings. The van der Waals surface area contributed by atoms with Gasteiger partial charge in [0.05, 0.1) is 49.8 Å². The number of hydrogen-bond donors (Lipinski definition) is 2. The average molecular weight is 862 g/mol. The van der Waals surface area contributed by atoms with E-state index in [2.05, 4.69) is 29.0 Å². The SMILES string of the molecule is CC(C)c1nc(C(=O)N2CCOC3(CCN(Cc4cccc(CCOCCC(=O)N(CCCCCc5ccc(O)c6c5OCC(=O)N6)CCC(F)(F)F)c4F)CC3)C2)cs1. The van der Waals surface area contributed by atoms with Crippen LogP contribution in [-0.4, -0.2) is 120 Å². The van der Waals surface area contributed by atoms with Crippen LogP contribution in [0, 0.1) is 5.82 Å². The zero-order chi connectivity index (χ0) is 42.9. The second-order valence-electron chi connectivity index (χ2n) is 16.1. The lowest BCUT2D eigenvalue weighted by Crippen LogP contribution is -2.58. The fourth-order valence-corrected chi connectivity index (χ4v) is 8.68. The lowest BCUT2D eigenvalue weighted by Gasteiger charge is -2.47. The summed E-state index contributed by atoms with van der Waals surface area (Å²) in [4.78, 5) is 47.8. The second kappa shape index (κ2) is 20.5. The Morgan fingerprint density at radius 2 is 1.82 bits per heavy atom. The first-order valence-corrected chi connectivity index (χ1v) is 21.7. The number of piperidine rings is 1. The van der Waals surface area contributed by atoms with Gasteiger partial charge in [-0.2, -0.15) is 13.2 Å². The lowest BCUT2D eigenvalue weighted by molar-refractivity contribution is -0.146. The van der Waals surface area contributed by atoms with Gasteiger partial charge < -0.3 is 34.4 Å². The zero-order valence-corrected chi connectivity index (χ0v) is 35.1. The summed E-state index contributed by atoms with van der Waals surface area (Å²) in [6.07, 6.45) is -1.61. The van der Waals surface area contributed by atoms with Crippen LogP contribution in [0.5, 0.6) is 11.5 Å². The minimum Gasteiger partial charge on any atom is -0.506 e. The molecule has 328 valence electrons. The summed E-state index contributed by atoms with van der Waals surface area (Å²) >= 11 is 1.51. The summed E-state index contributed by atoms with van der Waals surface area (Å²) < 4.78 is 72.5. The van der Waals surface area contributed by atoms with Crippen LogP contribution >= 0.6 is 11.3 Å². The molecule has 0 aliphatic carbocycles. The van der Waals surface area contributed by atoms with E-state index in [9.17, 15) is 32.7 Å². The number of alkyl halides is 3. The van der Waals surface area contributed by atoms with E-state index < -0.39 is 30.7 Å². The van der Waals surface area contributed by atoms with Crippen molar-refractivity contribution in [3.8, 4) is 11.5 Å². The quantitative estimate of drug-likeness (QED) is 0.0782. The van der Waals surface area contributed by atoms with Crippen molar-refractivity contribution in [3.63, 3.8) is 0 Å². The highest BCUT2D eigenvalue weighted by Crippen LogP contribution is 2.40. The number of thiazole rings is 1. The van der Waals surface area contributed by atoms with Gasteiger partial charge in [-0.3, -0.25) is 19.3 Å². The van der Waals surface area contributed by atoms with E-state index in [0.717, 1.165) is 10.6 Å². The molecule has 0 atom stereocenters. The molecule has 1 aromatic heterocycles. The maximum absolute atomic E-state index is 15.7. The van der Waals surface area contributed by atoms with Gasteiger partial charge >= 0.3 is 6.18 Å². The number of nitrogens with zero attached hydrogens (tertiary/aromatic N) is 4. The molecule has 3 aromatic rings. The normalized spacial score (nSPS) is 16.8. The molecule has 2 saturated heterocycles. The maximum Gasteiger partial charge on any atom is 0.390 e. The Bertz CT molecular complexity index is 1950. The van der Waals surface area contributed by atoms with Crippen molar-refractivity contribution in [3.05, 3.63) is 68.9 Å². The van der Waals surface area contributed by atoms with Crippen LogP contribution in [0.1, 0.15) is 96.9 Å². The molecule has 0 radical (unpaired) electrons. The predicted molar refractivity (Wildman–Crippen MR) is 218 cm³/mol. The summed E-state index contributed by atoms with van der Waals surface area (Å²) in [7, 11) is 0. The number of phenols is 1. The molecule has 3 aliphatic heterocycles. The summed E-state index contributed by atoms with van der Waals surface area (Å²) in [5.74, 6) is -0.617. The molecule has 3 amide bonds. The molecule has 3 aliphatic rings. The monoisotopic (exact) mass is 861 g/mol. The van der Waals surface area contributed by atoms with Crippen molar-refractivity contribution in [1.82, 2.24) is 19.7 Å². The molecule has 6 rings (SSSR count). The van der Waals surface area contributed by atoms with Gasteiger partial charge in [-0.15, -0.1) is 11.3 Å². The number of aromatic hydroxyl groups is 1. The van der Waals surface area contributed by atoms with Crippen molar-refractivity contribution in [2.75, 3.05) is 71.0 Å². The number of amides is 3. The van der Waals surface area contributed by atoms with Crippen LogP contribution in [0.4, 0.5) is 23.2 Å². The molecule has 12 nitrogen and oxygen atoms in total. The number of halogens is 4. The molecule has 0 unspecified atom stereocenters. The third-order valence-corrected chi connectivity index (χ3v) is 12.4. The highest BCUT2D eigenvalue weighted by molar-refractivity contribution is 7.09. The van der Waals surface area contributed by atoms with E-state index in [-0.39, 0.29) is 74.2 Å². The minimum atomic E-state index is -4.41. The Labute approximate surface area is 352 Å². The molecule has 0 bridgehead atoms. The van der Waals surface area contributed by atoms with Gasteiger partial charge in [-0.25, -0.2) is 9.37 Å². The van der Waals surface area contributed by atoms with Crippen LogP contribution < -0.4 is 10.1 Å². The summed E-state index contributed by atoms with van der Waals surface area (Å²) in [6, 6.07) is 8.46. The largest absolute Gasteiger partial charge is 0.506 e. The summed E-state index contributed by atoms with van der Waals surface area (Å²) in [6.45, 7) is 7.08. The number of hydrogen-bond acceptors (Lipinski definition) is 10. The number of rotatable bonds is 18. The van der Waals surface area contributed by atoms with E-state index in [0.29, 0.717) is 100 Å². The number of ether oxygens (including phenoxy) is 3. The van der Waals surface area contributed by atoms with Gasteiger partial charge in [0.2, 0.25) is 5.91 Å². The first kappa shape index (κ1) is 45.2. The molecule has 60 heavy (non-hydrogen) atoms. The van der Waals surface area contributed by atoms with Crippen LogP contribution in [0.25, 0.3) is 0 Å². The Kier molecular flexibility index (Phi) is 15.4. The number of carbonyl (C=O) groups is 3. The van der Waals surface area contributed by atoms with E-state index >= 15 is 4.39 Å². The molecule has 17 heteroatoms. The number of aromatic nitrogens is 1. The van der Waals surface area contributed by atoms with E-state index in [1.807, 2.05) is 16.3 Å². The van der Waals surface area contributed by atoms with E-state index in [4.69, 9.17) is 14.2 Å². The number of phenolic OH excluding ortho intramolecular Hbond substituents is 1. The number of unbranched alkanes of at least 4 members (excludes halogenated alkanes) is 2. The number of fused-ring (bicyclic) bond motifs is 1. The Morgan fingerprint density at radius 1 is 1.03 bits per heavy atom. The van der Waals surface area contributed by atoms with Crippen molar-refractivity contribution < 1.29 is 51.3 Å². The molecule has 2 aromatic carbocycles. The summed E-state index contributed by atoms with van der Waals surface area (Å²) in [5.41, 5.74) is 2.10. The van der Waals surface area contributed by atoms with E-state index in [1.165, 1.54) is 22.3 Å². The highest BCUT2D eigenvalue weighted by atomic mass is 32.1. The summed E-state index contributed by atoms with van der Waals surface area (Å²) in [5, 5.41) is 15.4. The van der Waals surface area contributed by atoms with Gasteiger partial charge in [0, 0.05) is 56.1 Å². The predicted octanol–water partition coefficient (Wildman–Crippen LogP) is 7.09. The first-order chi connectivity index (χ1) is 28.7. The molecule has 1 spiro atoms. The molecule has 0 saturated carbocycles. The minimum absolute atomic E-state index is 0.00541.